The summed E-state index contributed by atoms with van der Waals surface area (Å²) in [5.41, 5.74) is 3.36. The predicted octanol–water partition coefficient (Wildman–Crippen LogP) is 3.51. The molecular weight excluding hydrogens is 220 g/mol. The maximum absolute atomic E-state index is 6.20. The van der Waals surface area contributed by atoms with Crippen LogP contribution in [-0.2, 0) is 6.54 Å². The Morgan fingerprint density at radius 3 is 2.56 bits per heavy atom. The van der Waals surface area contributed by atoms with Gasteiger partial charge in [-0.2, -0.15) is 0 Å². The second-order valence-corrected chi connectivity index (χ2v) is 4.56. The van der Waals surface area contributed by atoms with Crippen molar-refractivity contribution in [1.29, 1.82) is 0 Å². The number of halogens is 1. The van der Waals surface area contributed by atoms with Crippen LogP contribution in [-0.4, -0.2) is 9.55 Å². The van der Waals surface area contributed by atoms with Crippen molar-refractivity contribution in [3.63, 3.8) is 0 Å². The van der Waals surface area contributed by atoms with Crippen molar-refractivity contribution in [3.8, 4) is 0 Å². The van der Waals surface area contributed by atoms with Gasteiger partial charge in [0, 0.05) is 11.2 Å². The van der Waals surface area contributed by atoms with Crippen LogP contribution in [0.1, 0.15) is 22.6 Å². The smallest absolute Gasteiger partial charge is 0.106 e. The van der Waals surface area contributed by atoms with E-state index in [4.69, 9.17) is 11.6 Å². The van der Waals surface area contributed by atoms with E-state index >= 15 is 0 Å². The fourth-order valence-electron chi connectivity index (χ4n) is 1.79. The molecule has 0 N–H and O–H groups in total. The average molecular weight is 235 g/mol. The van der Waals surface area contributed by atoms with E-state index in [0.717, 1.165) is 28.6 Å². The Balaban J connectivity index is 2.30. The van der Waals surface area contributed by atoms with Crippen molar-refractivity contribution in [2.24, 2.45) is 0 Å². The van der Waals surface area contributed by atoms with E-state index in [-0.39, 0.29) is 0 Å². The van der Waals surface area contributed by atoms with E-state index in [9.17, 15) is 0 Å². The summed E-state index contributed by atoms with van der Waals surface area (Å²) in [6, 6.07) is 6.16. The first kappa shape index (κ1) is 11.2. The number of aryl methyl sites for hydroxylation is 3. The maximum Gasteiger partial charge on any atom is 0.106 e. The zero-order chi connectivity index (χ0) is 11.7. The van der Waals surface area contributed by atoms with Gasteiger partial charge in [-0.25, -0.2) is 4.98 Å². The fourth-order valence-corrected chi connectivity index (χ4v) is 2.09. The number of benzene rings is 1. The molecule has 0 unspecified atom stereocenters. The standard InChI is InChI=1S/C13H15ClN2/c1-9-4-5-12(13(14)6-9)8-16-7-10(2)15-11(16)3/h4-7H,8H2,1-3H3. The van der Waals surface area contributed by atoms with Gasteiger partial charge in [-0.15, -0.1) is 0 Å². The van der Waals surface area contributed by atoms with Gasteiger partial charge in [0.15, 0.2) is 0 Å². The van der Waals surface area contributed by atoms with Gasteiger partial charge in [0.2, 0.25) is 0 Å². The van der Waals surface area contributed by atoms with Crippen molar-refractivity contribution in [3.05, 3.63) is 52.1 Å². The Hall–Kier alpha value is -1.28. The van der Waals surface area contributed by atoms with Crippen LogP contribution in [0, 0.1) is 20.8 Å². The van der Waals surface area contributed by atoms with Gasteiger partial charge in [0.1, 0.15) is 5.82 Å². The molecule has 0 aliphatic carbocycles. The highest BCUT2D eigenvalue weighted by atomic mass is 35.5. The summed E-state index contributed by atoms with van der Waals surface area (Å²) >= 11 is 6.20. The quantitative estimate of drug-likeness (QED) is 0.778. The van der Waals surface area contributed by atoms with Gasteiger partial charge in [0.25, 0.3) is 0 Å². The van der Waals surface area contributed by atoms with Crippen LogP contribution in [0.2, 0.25) is 5.02 Å². The van der Waals surface area contributed by atoms with Crippen molar-refractivity contribution in [2.45, 2.75) is 27.3 Å². The second-order valence-electron chi connectivity index (χ2n) is 4.15. The predicted molar refractivity (Wildman–Crippen MR) is 67.0 cm³/mol. The van der Waals surface area contributed by atoms with Gasteiger partial charge >= 0.3 is 0 Å². The number of imidazole rings is 1. The number of hydrogen-bond donors (Lipinski definition) is 0. The molecule has 1 aromatic heterocycles. The van der Waals surface area contributed by atoms with Gasteiger partial charge < -0.3 is 4.57 Å². The minimum atomic E-state index is 0.784. The third kappa shape index (κ3) is 2.27. The van der Waals surface area contributed by atoms with Crippen molar-refractivity contribution in [1.82, 2.24) is 9.55 Å². The topological polar surface area (TPSA) is 17.8 Å². The van der Waals surface area contributed by atoms with Crippen LogP contribution in [0.5, 0.6) is 0 Å². The lowest BCUT2D eigenvalue weighted by atomic mass is 10.1. The molecule has 0 amide bonds. The van der Waals surface area contributed by atoms with Crippen LogP contribution in [0.3, 0.4) is 0 Å². The lowest BCUT2D eigenvalue weighted by Crippen LogP contribution is -2.01. The molecule has 0 saturated heterocycles. The highest BCUT2D eigenvalue weighted by Gasteiger charge is 2.04. The Morgan fingerprint density at radius 1 is 1.25 bits per heavy atom. The minimum Gasteiger partial charge on any atom is -0.330 e. The van der Waals surface area contributed by atoms with Gasteiger partial charge in [-0.05, 0) is 38.0 Å². The minimum absolute atomic E-state index is 0.784. The molecule has 0 bridgehead atoms. The largest absolute Gasteiger partial charge is 0.330 e. The highest BCUT2D eigenvalue weighted by molar-refractivity contribution is 6.31. The molecule has 16 heavy (non-hydrogen) atoms. The molecule has 0 saturated carbocycles. The maximum atomic E-state index is 6.20. The van der Waals surface area contributed by atoms with Crippen molar-refractivity contribution < 1.29 is 0 Å². The third-order valence-corrected chi connectivity index (χ3v) is 3.00. The summed E-state index contributed by atoms with van der Waals surface area (Å²) in [6.07, 6.45) is 2.05. The molecule has 0 fully saturated rings. The van der Waals surface area contributed by atoms with E-state index in [1.165, 1.54) is 5.56 Å². The Bertz CT molecular complexity index is 515. The third-order valence-electron chi connectivity index (χ3n) is 2.65. The first-order valence-corrected chi connectivity index (χ1v) is 5.69. The molecule has 84 valence electrons. The second kappa shape index (κ2) is 4.30. The van der Waals surface area contributed by atoms with Gasteiger partial charge in [-0.3, -0.25) is 0 Å². The zero-order valence-electron chi connectivity index (χ0n) is 9.79. The van der Waals surface area contributed by atoms with E-state index in [1.54, 1.807) is 0 Å². The number of aromatic nitrogens is 2. The summed E-state index contributed by atoms with van der Waals surface area (Å²) < 4.78 is 2.12. The van der Waals surface area contributed by atoms with Crippen LogP contribution in [0.25, 0.3) is 0 Å². The first-order chi connectivity index (χ1) is 7.56. The average Bonchev–Trinajstić information content (AvgIpc) is 2.50. The molecule has 0 radical (unpaired) electrons. The Labute approximate surface area is 101 Å². The summed E-state index contributed by atoms with van der Waals surface area (Å²) in [7, 11) is 0. The van der Waals surface area contributed by atoms with Crippen molar-refractivity contribution >= 4 is 11.6 Å². The Morgan fingerprint density at radius 2 is 2.00 bits per heavy atom. The number of rotatable bonds is 2. The molecule has 0 spiro atoms. The molecule has 1 aromatic carbocycles. The molecule has 3 heteroatoms. The van der Waals surface area contributed by atoms with Crippen LogP contribution >= 0.6 is 11.6 Å². The van der Waals surface area contributed by atoms with E-state index in [1.807, 2.05) is 33.0 Å². The molecule has 0 aliphatic rings. The van der Waals surface area contributed by atoms with E-state index in [0.29, 0.717) is 0 Å². The SMILES string of the molecule is Cc1ccc(Cn2cc(C)nc2C)c(Cl)c1. The number of hydrogen-bond acceptors (Lipinski definition) is 1. The van der Waals surface area contributed by atoms with Crippen LogP contribution in [0.15, 0.2) is 24.4 Å². The summed E-state index contributed by atoms with van der Waals surface area (Å²) in [5, 5.41) is 0.825. The lowest BCUT2D eigenvalue weighted by molar-refractivity contribution is 0.761. The molecule has 2 rings (SSSR count). The van der Waals surface area contributed by atoms with E-state index in [2.05, 4.69) is 21.7 Å². The molecular formula is C13H15ClN2. The van der Waals surface area contributed by atoms with Crippen LogP contribution < -0.4 is 0 Å². The van der Waals surface area contributed by atoms with Gasteiger partial charge in [-0.1, -0.05) is 23.7 Å². The molecule has 0 aliphatic heterocycles. The highest BCUT2D eigenvalue weighted by Crippen LogP contribution is 2.19. The molecule has 0 atom stereocenters. The van der Waals surface area contributed by atoms with Crippen molar-refractivity contribution in [2.75, 3.05) is 0 Å². The summed E-state index contributed by atoms with van der Waals surface area (Å²) in [4.78, 5) is 4.37. The lowest BCUT2D eigenvalue weighted by Gasteiger charge is -2.07. The Kier molecular flexibility index (Phi) is 3.01. The first-order valence-electron chi connectivity index (χ1n) is 5.31. The number of nitrogens with zero attached hydrogens (tertiary/aromatic N) is 2. The summed E-state index contributed by atoms with van der Waals surface area (Å²) in [6.45, 7) is 6.84. The molecule has 2 aromatic rings. The fraction of sp³-hybridized carbons (Fsp3) is 0.308. The van der Waals surface area contributed by atoms with Gasteiger partial charge in [0.05, 0.1) is 12.2 Å². The van der Waals surface area contributed by atoms with E-state index < -0.39 is 0 Å². The normalized spacial score (nSPS) is 10.8. The molecule has 1 heterocycles. The van der Waals surface area contributed by atoms with Crippen LogP contribution in [0.4, 0.5) is 0 Å². The monoisotopic (exact) mass is 234 g/mol. The molecule has 2 nitrogen and oxygen atoms in total. The summed E-state index contributed by atoms with van der Waals surface area (Å²) in [5.74, 6) is 1.02. The zero-order valence-corrected chi connectivity index (χ0v) is 10.5.